The molecule has 0 spiro atoms. The lowest BCUT2D eigenvalue weighted by Gasteiger charge is -2.37. The Morgan fingerprint density at radius 1 is 0.435 bits per heavy atom. The molecule has 0 aliphatic rings. The summed E-state index contributed by atoms with van der Waals surface area (Å²) in [5.41, 5.74) is -1.17. The third-order valence-electron chi connectivity index (χ3n) is 10.4. The molecule has 0 bridgehead atoms. The van der Waals surface area contributed by atoms with Crippen molar-refractivity contribution in [2.75, 3.05) is 0 Å². The summed E-state index contributed by atoms with van der Waals surface area (Å²) in [4.78, 5) is 54.3. The number of hydrogen-bond donors (Lipinski definition) is 0. The van der Waals surface area contributed by atoms with Gasteiger partial charge in [0.2, 0.25) is 0 Å². The average molecular weight is 649 g/mol. The molecule has 0 saturated heterocycles. The highest BCUT2D eigenvalue weighted by atomic mass is 28.4. The zero-order chi connectivity index (χ0) is 33.7. The third-order valence-corrected chi connectivity index (χ3v) is 19.1. The van der Waals surface area contributed by atoms with Crippen LogP contribution in [-0.4, -0.2) is 16.6 Å². The SMILES string of the molecule is CC(C)(C)[Si](C)(C)Oc1cc2c(=O)ccc(=O)c2c2c1ccc1ccc3c(O[Si](C)(C)C(C)(C)C)cc4c(=O)ccc(=O)c4c3c12. The molecule has 0 aromatic heterocycles. The first-order valence-corrected chi connectivity index (χ1v) is 21.5. The fourth-order valence-corrected chi connectivity index (χ4v) is 7.80. The Hall–Kier alpha value is -4.15. The Bertz CT molecular complexity index is 2300. The lowest BCUT2D eigenvalue weighted by molar-refractivity contribution is 0.497. The molecule has 0 aliphatic heterocycles. The Morgan fingerprint density at radius 3 is 1.13 bits per heavy atom. The molecule has 236 valence electrons. The summed E-state index contributed by atoms with van der Waals surface area (Å²) in [6, 6.07) is 16.4. The predicted molar refractivity (Wildman–Crippen MR) is 197 cm³/mol. The Balaban J connectivity index is 1.93. The molecule has 0 aliphatic carbocycles. The second kappa shape index (κ2) is 10.2. The van der Waals surface area contributed by atoms with Crippen LogP contribution in [0.4, 0.5) is 0 Å². The number of hydrogen-bond acceptors (Lipinski definition) is 6. The minimum absolute atomic E-state index is 0.132. The summed E-state index contributed by atoms with van der Waals surface area (Å²) in [5, 5.41) is 4.64. The van der Waals surface area contributed by atoms with Gasteiger partial charge in [-0.15, -0.1) is 0 Å². The molecule has 0 unspecified atom stereocenters. The highest BCUT2D eigenvalue weighted by Crippen LogP contribution is 2.46. The van der Waals surface area contributed by atoms with Crippen molar-refractivity contribution in [1.82, 2.24) is 0 Å². The summed E-state index contributed by atoms with van der Waals surface area (Å²) in [7, 11) is -4.81. The van der Waals surface area contributed by atoms with Crippen molar-refractivity contribution in [3.05, 3.63) is 102 Å². The second-order valence-corrected chi connectivity index (χ2v) is 25.0. The van der Waals surface area contributed by atoms with Gasteiger partial charge in [-0.05, 0) is 83.4 Å². The molecule has 0 atom stereocenters. The standard InChI is InChI=1S/C38H40O6Si2/c1-37(2,3)45(7,8)43-30-19-24-26(39)15-17-28(41)33(24)35-22(30)13-11-21-12-14-23-31(44-46(9,10)38(4,5)6)20-25-27(40)16-18-29(42)34(25)36(23)32(21)35/h11-20H,1-10H3. The molecule has 0 amide bonds. The van der Waals surface area contributed by atoms with Crippen LogP contribution in [-0.2, 0) is 0 Å². The number of fused-ring (bicyclic) bond motifs is 9. The van der Waals surface area contributed by atoms with Crippen molar-refractivity contribution >= 4 is 70.5 Å². The van der Waals surface area contributed by atoms with Gasteiger partial charge in [-0.2, -0.15) is 0 Å². The topological polar surface area (TPSA) is 86.7 Å². The van der Waals surface area contributed by atoms with E-state index in [0.717, 1.165) is 5.39 Å². The van der Waals surface area contributed by atoms with Gasteiger partial charge in [-0.1, -0.05) is 65.8 Å². The summed E-state index contributed by atoms with van der Waals surface area (Å²) in [6.45, 7) is 21.4. The van der Waals surface area contributed by atoms with Crippen molar-refractivity contribution in [1.29, 1.82) is 0 Å². The fraction of sp³-hybridized carbons (Fsp3) is 0.316. The highest BCUT2D eigenvalue weighted by molar-refractivity contribution is 6.75. The average Bonchev–Trinajstić information content (AvgIpc) is 2.94. The number of benzene rings is 6. The maximum absolute atomic E-state index is 13.7. The minimum Gasteiger partial charge on any atom is -0.543 e. The molecular formula is C38H40O6Si2. The smallest absolute Gasteiger partial charge is 0.250 e. The van der Waals surface area contributed by atoms with E-state index in [4.69, 9.17) is 8.85 Å². The van der Waals surface area contributed by atoms with E-state index in [1.165, 1.54) is 24.3 Å². The largest absolute Gasteiger partial charge is 0.543 e. The highest BCUT2D eigenvalue weighted by Gasteiger charge is 2.40. The van der Waals surface area contributed by atoms with E-state index < -0.39 is 16.6 Å². The molecule has 46 heavy (non-hydrogen) atoms. The van der Waals surface area contributed by atoms with E-state index in [1.54, 1.807) is 12.1 Å². The van der Waals surface area contributed by atoms with Gasteiger partial charge in [0.1, 0.15) is 11.5 Å². The molecule has 8 heteroatoms. The Labute approximate surface area is 269 Å². The molecule has 0 fully saturated rings. The molecule has 0 radical (unpaired) electrons. The number of rotatable bonds is 4. The van der Waals surface area contributed by atoms with Gasteiger partial charge in [0.05, 0.1) is 0 Å². The summed E-state index contributed by atoms with van der Waals surface area (Å²) < 4.78 is 13.7. The van der Waals surface area contributed by atoms with Crippen LogP contribution in [0.1, 0.15) is 41.5 Å². The maximum atomic E-state index is 13.7. The van der Waals surface area contributed by atoms with Crippen molar-refractivity contribution in [2.24, 2.45) is 0 Å². The molecule has 6 aromatic rings. The van der Waals surface area contributed by atoms with Gasteiger partial charge in [0, 0.05) is 43.1 Å². The molecule has 6 aromatic carbocycles. The minimum atomic E-state index is -2.40. The summed E-state index contributed by atoms with van der Waals surface area (Å²) in [5.74, 6) is 1.06. The van der Waals surface area contributed by atoms with Gasteiger partial charge >= 0.3 is 0 Å². The van der Waals surface area contributed by atoms with Gasteiger partial charge in [0.25, 0.3) is 16.6 Å². The summed E-state index contributed by atoms with van der Waals surface area (Å²) in [6.07, 6.45) is 0. The van der Waals surface area contributed by atoms with E-state index in [1.807, 2.05) is 24.3 Å². The van der Waals surface area contributed by atoms with Crippen molar-refractivity contribution in [3.8, 4) is 11.5 Å². The molecule has 6 nitrogen and oxygen atoms in total. The summed E-state index contributed by atoms with van der Waals surface area (Å²) >= 11 is 0. The molecule has 0 N–H and O–H groups in total. The first kappa shape index (κ1) is 31.8. The van der Waals surface area contributed by atoms with Crippen molar-refractivity contribution in [2.45, 2.75) is 77.8 Å². The lowest BCUT2D eigenvalue weighted by atomic mass is 9.89. The van der Waals surface area contributed by atoms with Crippen LogP contribution in [0.5, 0.6) is 11.5 Å². The monoisotopic (exact) mass is 648 g/mol. The van der Waals surface area contributed by atoms with Gasteiger partial charge < -0.3 is 8.85 Å². The first-order chi connectivity index (χ1) is 21.2. The van der Waals surface area contributed by atoms with E-state index in [-0.39, 0.29) is 53.3 Å². The van der Waals surface area contributed by atoms with E-state index >= 15 is 0 Å². The molecule has 0 saturated carbocycles. The zero-order valence-corrected chi connectivity index (χ0v) is 30.2. The van der Waals surface area contributed by atoms with Crippen LogP contribution < -0.4 is 30.6 Å². The van der Waals surface area contributed by atoms with Crippen molar-refractivity contribution in [3.63, 3.8) is 0 Å². The predicted octanol–water partition coefficient (Wildman–Crippen LogP) is 8.54. The zero-order valence-electron chi connectivity index (χ0n) is 28.2. The lowest BCUT2D eigenvalue weighted by Crippen LogP contribution is -2.44. The Morgan fingerprint density at radius 2 is 0.783 bits per heavy atom. The van der Waals surface area contributed by atoms with Gasteiger partial charge in [0.15, 0.2) is 21.7 Å². The van der Waals surface area contributed by atoms with E-state index in [2.05, 4.69) is 67.7 Å². The van der Waals surface area contributed by atoms with Crippen LogP contribution >= 0.6 is 0 Å². The molecule has 0 heterocycles. The van der Waals surface area contributed by atoms with Gasteiger partial charge in [-0.3, -0.25) is 19.2 Å². The first-order valence-electron chi connectivity index (χ1n) is 15.7. The molecule has 6 rings (SSSR count). The third kappa shape index (κ3) is 4.81. The van der Waals surface area contributed by atoms with Crippen LogP contribution in [0.3, 0.4) is 0 Å². The van der Waals surface area contributed by atoms with E-state index in [0.29, 0.717) is 38.4 Å². The fourth-order valence-electron chi connectivity index (χ4n) is 5.75. The normalized spacial score (nSPS) is 13.3. The van der Waals surface area contributed by atoms with Crippen molar-refractivity contribution < 1.29 is 8.85 Å². The maximum Gasteiger partial charge on any atom is 0.250 e. The quantitative estimate of drug-likeness (QED) is 0.141. The second-order valence-electron chi connectivity index (χ2n) is 15.5. The molecular weight excluding hydrogens is 609 g/mol. The Kier molecular flexibility index (Phi) is 7.04. The van der Waals surface area contributed by atoms with E-state index in [9.17, 15) is 19.2 Å². The van der Waals surface area contributed by atoms with Crippen LogP contribution in [0.15, 0.2) is 79.8 Å². The van der Waals surface area contributed by atoms with Crippen LogP contribution in [0.25, 0.3) is 53.9 Å². The van der Waals surface area contributed by atoms with Crippen LogP contribution in [0, 0.1) is 0 Å². The van der Waals surface area contributed by atoms with Gasteiger partial charge in [-0.25, -0.2) is 0 Å². The van der Waals surface area contributed by atoms with Crippen LogP contribution in [0.2, 0.25) is 36.3 Å².